The molecule has 85 heavy (non-hydrogen) atoms. The number of fused-ring (bicyclic) bond motifs is 3. The van der Waals surface area contributed by atoms with Crippen molar-refractivity contribution in [2.24, 2.45) is 0 Å². The van der Waals surface area contributed by atoms with Crippen LogP contribution in [-0.2, 0) is 67.1 Å². The van der Waals surface area contributed by atoms with Crippen LogP contribution in [-0.4, -0.2) is 189 Å². The van der Waals surface area contributed by atoms with Gasteiger partial charge in [-0.25, -0.2) is 14.6 Å². The number of carboxylic acids is 8. The Morgan fingerprint density at radius 2 is 0.835 bits per heavy atom. The molecule has 2 heterocycles. The van der Waals surface area contributed by atoms with E-state index in [9.17, 15) is 113 Å². The predicted molar refractivity (Wildman–Crippen MR) is 286 cm³/mol. The largest absolute Gasteiger partial charge is 0.481 e. The summed E-state index contributed by atoms with van der Waals surface area (Å²) in [6.45, 7) is 1.97. The maximum Gasteiger partial charge on any atom is 0.335 e. The van der Waals surface area contributed by atoms with Crippen LogP contribution in [0, 0.1) is 0 Å². The highest BCUT2D eigenvalue weighted by atomic mass is 16.5. The number of aromatic carboxylic acids is 1. The third kappa shape index (κ3) is 24.1. The van der Waals surface area contributed by atoms with Crippen molar-refractivity contribution in [1.29, 1.82) is 0 Å². The molecule has 7 amide bonds. The Morgan fingerprint density at radius 1 is 0.447 bits per heavy atom. The van der Waals surface area contributed by atoms with Gasteiger partial charge in [0.05, 0.1) is 56.2 Å². The van der Waals surface area contributed by atoms with Gasteiger partial charge in [0.25, 0.3) is 0 Å². The molecule has 3 rings (SSSR count). The standard InChI is InChI=1S/C52H65N9O24/c1-2-3-10-29(52(83)84)55-45(76)32(19-39(65)66)57-47(78)34(21-41(69)70)59-49(80)36(23-43(73)74)60-48(79)35(22-42(71)72)58-46(77)33(20-40(67)68)56-44(75)31(18-38(63)64)54-37(62)11-8-6-4-5-7-9-16-85-50-27-14-15-53-24-28(27)26-13-12-25(51(81)82)17-30(26)61-50/h12-15,17,24,29,31-36H,2-11,16,18-23H2,1H3,(H,54,62)(H,55,76)(H,56,75)(H,57,78)(H,58,77)(H,59,80)(H,60,79)(H,63,64)(H,65,66)(H,67,68)(H,69,70)(H,71,72)(H,73,74)(H,81,82)(H,83,84)/t29-,31-,32-,33-,34-,35-,36-/m0/s1. The van der Waals surface area contributed by atoms with E-state index in [0.717, 1.165) is 5.39 Å². The number of ether oxygens (including phenoxy) is 1. The number of aromatic nitrogens is 2. The molecule has 462 valence electrons. The zero-order valence-electron chi connectivity index (χ0n) is 45.5. The van der Waals surface area contributed by atoms with Gasteiger partial charge in [-0.2, -0.15) is 0 Å². The van der Waals surface area contributed by atoms with Gasteiger partial charge in [0.1, 0.15) is 42.3 Å². The lowest BCUT2D eigenvalue weighted by Crippen LogP contribution is -2.61. The minimum Gasteiger partial charge on any atom is -0.481 e. The number of benzene rings is 1. The number of unbranched alkanes of at least 4 members (excludes halogenated alkanes) is 6. The lowest BCUT2D eigenvalue weighted by molar-refractivity contribution is -0.145. The first-order chi connectivity index (χ1) is 40.1. The summed E-state index contributed by atoms with van der Waals surface area (Å²) in [5.41, 5.74) is 0.464. The van der Waals surface area contributed by atoms with Gasteiger partial charge >= 0.3 is 47.8 Å². The number of hydrogen-bond donors (Lipinski definition) is 15. The Kier molecular flexibility index (Phi) is 28.0. The molecule has 0 saturated carbocycles. The molecule has 0 saturated heterocycles. The number of nitrogens with zero attached hydrogens (tertiary/aromatic N) is 2. The second kappa shape index (κ2) is 34.4. The number of rotatable bonds is 40. The SMILES string of the molecule is CCCC[C@H](NC(=O)[C@H](CC(=O)O)NC(=O)[C@H](CC(=O)O)NC(=O)[C@H](CC(=O)O)NC(=O)[C@H](CC(=O)O)NC(=O)[C@H](CC(=O)O)NC(=O)[C@H](CC(=O)O)NC(=O)CCCCCCCCOc1nc2cc(C(=O)O)ccc2c2cnccc12)C(=O)O. The summed E-state index contributed by atoms with van der Waals surface area (Å²) in [4.78, 5) is 196. The van der Waals surface area contributed by atoms with Crippen molar-refractivity contribution in [1.82, 2.24) is 47.2 Å². The molecule has 7 atom stereocenters. The first kappa shape index (κ1) is 69.2. The first-order valence-electron chi connectivity index (χ1n) is 26.3. The van der Waals surface area contributed by atoms with E-state index in [1.807, 2.05) is 26.6 Å². The van der Waals surface area contributed by atoms with Crippen LogP contribution in [0.3, 0.4) is 0 Å². The Bertz CT molecular complexity index is 3010. The molecule has 33 nitrogen and oxygen atoms in total. The molecule has 0 aliphatic heterocycles. The van der Waals surface area contributed by atoms with Gasteiger partial charge in [-0.05, 0) is 37.5 Å². The molecular weight excluding hydrogens is 1130 g/mol. The van der Waals surface area contributed by atoms with Crippen LogP contribution in [0.15, 0.2) is 36.7 Å². The quantitative estimate of drug-likeness (QED) is 0.0242. The fourth-order valence-electron chi connectivity index (χ4n) is 8.19. The number of hydrogen-bond acceptors (Lipinski definition) is 18. The van der Waals surface area contributed by atoms with Crippen LogP contribution < -0.4 is 42.0 Å². The minimum atomic E-state index is -2.36. The number of amides is 7. The van der Waals surface area contributed by atoms with Crippen molar-refractivity contribution in [3.63, 3.8) is 0 Å². The Morgan fingerprint density at radius 3 is 1.22 bits per heavy atom. The Labute approximate surface area is 481 Å². The monoisotopic (exact) mass is 1200 g/mol. The van der Waals surface area contributed by atoms with Crippen molar-refractivity contribution >= 4 is 111 Å². The number of carbonyl (C=O) groups excluding carboxylic acids is 7. The number of nitrogens with one attached hydrogen (secondary N) is 7. The molecule has 0 fully saturated rings. The molecule has 15 N–H and O–H groups in total. The van der Waals surface area contributed by atoms with E-state index >= 15 is 0 Å². The second-order valence-corrected chi connectivity index (χ2v) is 19.1. The molecule has 2 aromatic heterocycles. The van der Waals surface area contributed by atoms with Crippen LogP contribution in [0.25, 0.3) is 21.7 Å². The van der Waals surface area contributed by atoms with Crippen molar-refractivity contribution < 1.29 is 118 Å². The van der Waals surface area contributed by atoms with Gasteiger partial charge < -0.3 is 82.8 Å². The van der Waals surface area contributed by atoms with Gasteiger partial charge in [-0.1, -0.05) is 51.5 Å². The van der Waals surface area contributed by atoms with Crippen LogP contribution >= 0.6 is 0 Å². The average Bonchev–Trinajstić information content (AvgIpc) is 1.59. The molecule has 0 bridgehead atoms. The highest BCUT2D eigenvalue weighted by molar-refractivity contribution is 6.09. The Balaban J connectivity index is 1.65. The summed E-state index contributed by atoms with van der Waals surface area (Å²) in [5.74, 6) is -23.2. The van der Waals surface area contributed by atoms with E-state index in [4.69, 9.17) is 4.74 Å². The van der Waals surface area contributed by atoms with E-state index in [1.54, 1.807) is 36.8 Å². The van der Waals surface area contributed by atoms with Crippen LogP contribution in [0.1, 0.15) is 120 Å². The lowest BCUT2D eigenvalue weighted by Gasteiger charge is -2.26. The van der Waals surface area contributed by atoms with Crippen LogP contribution in [0.2, 0.25) is 0 Å². The number of carboxylic acid groups (broad SMARTS) is 8. The van der Waals surface area contributed by atoms with Gasteiger partial charge in [-0.3, -0.25) is 67.3 Å². The number of carbonyl (C=O) groups is 15. The summed E-state index contributed by atoms with van der Waals surface area (Å²) < 4.78 is 5.97. The summed E-state index contributed by atoms with van der Waals surface area (Å²) in [6, 6.07) is -8.54. The summed E-state index contributed by atoms with van der Waals surface area (Å²) in [7, 11) is 0. The van der Waals surface area contributed by atoms with Crippen LogP contribution in [0.5, 0.6) is 5.88 Å². The topological polar surface area (TPSA) is 537 Å². The molecule has 0 aliphatic rings. The highest BCUT2D eigenvalue weighted by Crippen LogP contribution is 2.31. The smallest absolute Gasteiger partial charge is 0.335 e. The van der Waals surface area contributed by atoms with Crippen molar-refractivity contribution in [3.05, 3.63) is 42.2 Å². The van der Waals surface area contributed by atoms with E-state index in [0.29, 0.717) is 67.1 Å². The minimum absolute atomic E-state index is 0.0502. The maximum absolute atomic E-state index is 13.6. The normalized spacial score (nSPS) is 13.4. The van der Waals surface area contributed by atoms with E-state index < -0.39 is 170 Å². The van der Waals surface area contributed by atoms with Crippen molar-refractivity contribution in [3.8, 4) is 5.88 Å². The van der Waals surface area contributed by atoms with E-state index in [2.05, 4.69) is 15.3 Å². The molecule has 1 aromatic carbocycles. The van der Waals surface area contributed by atoms with E-state index in [-0.39, 0.29) is 31.4 Å². The average molecular weight is 1200 g/mol. The van der Waals surface area contributed by atoms with Crippen molar-refractivity contribution in [2.45, 2.75) is 152 Å². The number of pyridine rings is 2. The third-order valence-electron chi connectivity index (χ3n) is 12.4. The molecular formula is C52H65N9O24. The molecule has 0 spiro atoms. The molecule has 0 radical (unpaired) electrons. The Hall–Kier alpha value is -10.1. The molecule has 3 aromatic rings. The second-order valence-electron chi connectivity index (χ2n) is 19.1. The fraction of sp³-hybridized carbons (Fsp3) is 0.481. The van der Waals surface area contributed by atoms with Gasteiger partial charge in [0.15, 0.2) is 0 Å². The summed E-state index contributed by atoms with van der Waals surface area (Å²) in [6.07, 6.45) is -0.707. The molecule has 0 unspecified atom stereocenters. The first-order valence-corrected chi connectivity index (χ1v) is 26.3. The van der Waals surface area contributed by atoms with Gasteiger partial charge in [0.2, 0.25) is 47.2 Å². The molecule has 33 heteroatoms. The fourth-order valence-corrected chi connectivity index (χ4v) is 8.19. The maximum atomic E-state index is 13.6. The highest BCUT2D eigenvalue weighted by Gasteiger charge is 2.37. The van der Waals surface area contributed by atoms with Gasteiger partial charge in [0, 0.05) is 35.0 Å². The van der Waals surface area contributed by atoms with Gasteiger partial charge in [-0.15, -0.1) is 0 Å². The van der Waals surface area contributed by atoms with Crippen molar-refractivity contribution in [2.75, 3.05) is 6.61 Å². The summed E-state index contributed by atoms with van der Waals surface area (Å²) in [5, 5.41) is 91.8. The molecule has 0 aliphatic carbocycles. The third-order valence-corrected chi connectivity index (χ3v) is 12.4. The van der Waals surface area contributed by atoms with E-state index in [1.165, 1.54) is 12.1 Å². The zero-order valence-corrected chi connectivity index (χ0v) is 45.5. The van der Waals surface area contributed by atoms with Crippen LogP contribution in [0.4, 0.5) is 0 Å². The lowest BCUT2D eigenvalue weighted by atomic mass is 10.1. The predicted octanol–water partition coefficient (Wildman–Crippen LogP) is -0.893. The summed E-state index contributed by atoms with van der Waals surface area (Å²) >= 11 is 0. The number of aliphatic carboxylic acids is 7. The zero-order chi connectivity index (χ0) is 63.5.